The fourth-order valence-electron chi connectivity index (χ4n) is 1.77. The van der Waals surface area contributed by atoms with Crippen LogP contribution in [0.25, 0.3) is 0 Å². The number of aryl methyl sites for hydroxylation is 2. The van der Waals surface area contributed by atoms with Gasteiger partial charge in [0.15, 0.2) is 0 Å². The lowest BCUT2D eigenvalue weighted by molar-refractivity contribution is -0.117. The monoisotopic (exact) mass is 264 g/mol. The summed E-state index contributed by atoms with van der Waals surface area (Å²) in [6, 6.07) is 3.34. The summed E-state index contributed by atoms with van der Waals surface area (Å²) in [6.07, 6.45) is 0.0129. The first-order valence-corrected chi connectivity index (χ1v) is 5.74. The highest BCUT2D eigenvalue weighted by Crippen LogP contribution is 2.18. The first-order chi connectivity index (χ1) is 8.84. The number of hydrogen-bond acceptors (Lipinski definition) is 3. The third-order valence-electron chi connectivity index (χ3n) is 2.72. The van der Waals surface area contributed by atoms with Crippen molar-refractivity contribution < 1.29 is 19.5 Å². The molecule has 0 aliphatic carbocycles. The number of carbonyl (C=O) groups excluding carboxylic acids is 2. The van der Waals surface area contributed by atoms with Crippen LogP contribution in [0.1, 0.15) is 38.3 Å². The maximum Gasteiger partial charge on any atom is 0.336 e. The van der Waals surface area contributed by atoms with E-state index in [0.717, 1.165) is 0 Å². The summed E-state index contributed by atoms with van der Waals surface area (Å²) in [5.74, 6) is -2.19. The number of carbonyl (C=O) groups is 3. The predicted molar refractivity (Wildman–Crippen MR) is 69.0 cm³/mol. The summed E-state index contributed by atoms with van der Waals surface area (Å²) >= 11 is 0. The van der Waals surface area contributed by atoms with E-state index in [0.29, 0.717) is 11.1 Å². The van der Waals surface area contributed by atoms with E-state index in [4.69, 9.17) is 5.73 Å². The summed E-state index contributed by atoms with van der Waals surface area (Å²) in [7, 11) is 0. The van der Waals surface area contributed by atoms with E-state index in [1.54, 1.807) is 26.0 Å². The number of nitrogens with two attached hydrogens (primary N) is 1. The quantitative estimate of drug-likeness (QED) is 0.723. The molecule has 102 valence electrons. The molecule has 0 spiro atoms. The fourth-order valence-corrected chi connectivity index (χ4v) is 1.77. The van der Waals surface area contributed by atoms with E-state index in [-0.39, 0.29) is 24.1 Å². The molecule has 0 aliphatic heterocycles. The van der Waals surface area contributed by atoms with Gasteiger partial charge in [0.05, 0.1) is 11.1 Å². The van der Waals surface area contributed by atoms with Gasteiger partial charge in [0.1, 0.15) is 0 Å². The molecule has 4 N–H and O–H groups in total. The Kier molecular flexibility index (Phi) is 4.63. The number of nitrogens with one attached hydrogen (secondary N) is 1. The molecule has 0 bridgehead atoms. The van der Waals surface area contributed by atoms with Crippen molar-refractivity contribution >= 4 is 17.8 Å². The molecule has 6 nitrogen and oxygen atoms in total. The number of rotatable bonds is 5. The van der Waals surface area contributed by atoms with Crippen molar-refractivity contribution in [2.75, 3.05) is 6.54 Å². The van der Waals surface area contributed by atoms with Gasteiger partial charge in [0.25, 0.3) is 5.91 Å². The molecule has 19 heavy (non-hydrogen) atoms. The Hall–Kier alpha value is -2.37. The summed E-state index contributed by atoms with van der Waals surface area (Å²) in [6.45, 7) is 3.37. The van der Waals surface area contributed by atoms with E-state index in [1.165, 1.54) is 0 Å². The molecule has 1 aromatic rings. The van der Waals surface area contributed by atoms with Gasteiger partial charge >= 0.3 is 5.97 Å². The van der Waals surface area contributed by atoms with Gasteiger partial charge in [0.2, 0.25) is 5.91 Å². The molecule has 0 fully saturated rings. The molecule has 0 radical (unpaired) electrons. The molecule has 1 rings (SSSR count). The van der Waals surface area contributed by atoms with Gasteiger partial charge in [-0.1, -0.05) is 12.1 Å². The Bertz CT molecular complexity index is 538. The van der Waals surface area contributed by atoms with Crippen LogP contribution < -0.4 is 11.1 Å². The molecule has 0 atom stereocenters. The van der Waals surface area contributed by atoms with Crippen LogP contribution in [-0.4, -0.2) is 29.4 Å². The van der Waals surface area contributed by atoms with Crippen molar-refractivity contribution in [3.05, 3.63) is 34.4 Å². The lowest BCUT2D eigenvalue weighted by Gasteiger charge is -2.12. The zero-order valence-corrected chi connectivity index (χ0v) is 10.8. The highest BCUT2D eigenvalue weighted by atomic mass is 16.4. The number of hydrogen-bond donors (Lipinski definition) is 3. The molecule has 2 amide bonds. The van der Waals surface area contributed by atoms with Crippen LogP contribution in [0.15, 0.2) is 12.1 Å². The SMILES string of the molecule is Cc1ccc(C)c(C(=O)NCCC(N)=O)c1C(=O)O. The summed E-state index contributed by atoms with van der Waals surface area (Å²) in [5.41, 5.74) is 6.15. The number of primary amides is 1. The first kappa shape index (κ1) is 14.7. The van der Waals surface area contributed by atoms with E-state index >= 15 is 0 Å². The number of carboxylic acid groups (broad SMARTS) is 1. The maximum absolute atomic E-state index is 12.0. The number of amides is 2. The summed E-state index contributed by atoms with van der Waals surface area (Å²) in [5, 5.41) is 11.7. The Balaban J connectivity index is 3.05. The largest absolute Gasteiger partial charge is 0.478 e. The standard InChI is InChI=1S/C13H16N2O4/c1-7-3-4-8(2)11(13(18)19)10(7)12(17)15-6-5-9(14)16/h3-4H,5-6H2,1-2H3,(H2,14,16)(H,15,17)(H,18,19). The highest BCUT2D eigenvalue weighted by Gasteiger charge is 2.20. The van der Waals surface area contributed by atoms with Crippen molar-refractivity contribution in [1.82, 2.24) is 5.32 Å². The van der Waals surface area contributed by atoms with Gasteiger partial charge in [-0.15, -0.1) is 0 Å². The first-order valence-electron chi connectivity index (χ1n) is 5.74. The number of carboxylic acids is 1. The predicted octanol–water partition coefficient (Wildman–Crippen LogP) is 0.607. The third-order valence-corrected chi connectivity index (χ3v) is 2.72. The molecule has 0 saturated heterocycles. The molecular formula is C13H16N2O4. The van der Waals surface area contributed by atoms with E-state index in [1.807, 2.05) is 0 Å². The number of aromatic carboxylic acids is 1. The van der Waals surface area contributed by atoms with Crippen molar-refractivity contribution in [3.8, 4) is 0 Å². The summed E-state index contributed by atoms with van der Waals surface area (Å²) < 4.78 is 0. The van der Waals surface area contributed by atoms with Gasteiger partial charge in [0, 0.05) is 13.0 Å². The van der Waals surface area contributed by atoms with Crippen LogP contribution >= 0.6 is 0 Å². The molecular weight excluding hydrogens is 248 g/mol. The second-order valence-corrected chi connectivity index (χ2v) is 4.23. The molecule has 0 aromatic heterocycles. The van der Waals surface area contributed by atoms with Gasteiger partial charge < -0.3 is 16.2 Å². The van der Waals surface area contributed by atoms with Crippen molar-refractivity contribution in [2.45, 2.75) is 20.3 Å². The van der Waals surface area contributed by atoms with Crippen LogP contribution in [0.2, 0.25) is 0 Å². The van der Waals surface area contributed by atoms with Gasteiger partial charge in [-0.2, -0.15) is 0 Å². The second kappa shape index (κ2) is 5.99. The Morgan fingerprint density at radius 2 is 1.68 bits per heavy atom. The average Bonchev–Trinajstić information content (AvgIpc) is 2.30. The van der Waals surface area contributed by atoms with Gasteiger partial charge in [-0.25, -0.2) is 4.79 Å². The smallest absolute Gasteiger partial charge is 0.336 e. The third kappa shape index (κ3) is 3.54. The normalized spacial score (nSPS) is 10.0. The lowest BCUT2D eigenvalue weighted by atomic mass is 9.96. The molecule has 0 saturated carbocycles. The number of benzene rings is 1. The van der Waals surface area contributed by atoms with Crippen LogP contribution in [0.5, 0.6) is 0 Å². The minimum absolute atomic E-state index is 0.0129. The minimum atomic E-state index is -1.15. The van der Waals surface area contributed by atoms with Crippen LogP contribution in [0, 0.1) is 13.8 Å². The van der Waals surface area contributed by atoms with Crippen LogP contribution in [0.4, 0.5) is 0 Å². The Labute approximate surface area is 110 Å². The molecule has 0 aliphatic rings. The minimum Gasteiger partial charge on any atom is -0.478 e. The Morgan fingerprint density at radius 1 is 1.16 bits per heavy atom. The Morgan fingerprint density at radius 3 is 2.16 bits per heavy atom. The topological polar surface area (TPSA) is 109 Å². The van der Waals surface area contributed by atoms with Gasteiger partial charge in [-0.05, 0) is 25.0 Å². The van der Waals surface area contributed by atoms with E-state index in [2.05, 4.69) is 5.32 Å². The average molecular weight is 264 g/mol. The zero-order chi connectivity index (χ0) is 14.6. The fraction of sp³-hybridized carbons (Fsp3) is 0.308. The molecule has 0 heterocycles. The summed E-state index contributed by atoms with van der Waals surface area (Å²) in [4.78, 5) is 33.8. The van der Waals surface area contributed by atoms with Crippen molar-refractivity contribution in [3.63, 3.8) is 0 Å². The molecule has 1 aromatic carbocycles. The molecule has 6 heteroatoms. The highest BCUT2D eigenvalue weighted by molar-refractivity contribution is 6.06. The van der Waals surface area contributed by atoms with Crippen molar-refractivity contribution in [1.29, 1.82) is 0 Å². The van der Waals surface area contributed by atoms with Crippen LogP contribution in [0.3, 0.4) is 0 Å². The maximum atomic E-state index is 12.0. The van der Waals surface area contributed by atoms with Crippen LogP contribution in [-0.2, 0) is 4.79 Å². The molecule has 0 unspecified atom stereocenters. The second-order valence-electron chi connectivity index (χ2n) is 4.23. The van der Waals surface area contributed by atoms with E-state index in [9.17, 15) is 19.5 Å². The van der Waals surface area contributed by atoms with E-state index < -0.39 is 17.8 Å². The lowest BCUT2D eigenvalue weighted by Crippen LogP contribution is -2.30. The van der Waals surface area contributed by atoms with Crippen molar-refractivity contribution in [2.24, 2.45) is 5.73 Å². The zero-order valence-electron chi connectivity index (χ0n) is 10.8. The van der Waals surface area contributed by atoms with Gasteiger partial charge in [-0.3, -0.25) is 9.59 Å².